The number of hydrogen-bond acceptors (Lipinski definition) is 3. The van der Waals surface area contributed by atoms with Gasteiger partial charge in [-0.05, 0) is 12.1 Å². The highest BCUT2D eigenvalue weighted by Crippen LogP contribution is 2.27. The van der Waals surface area contributed by atoms with Crippen molar-refractivity contribution in [2.24, 2.45) is 4.99 Å². The molecule has 0 aliphatic carbocycles. The highest BCUT2D eigenvalue weighted by Gasteiger charge is 2.08. The predicted molar refractivity (Wildman–Crippen MR) is 45.7 cm³/mol. The zero-order chi connectivity index (χ0) is 11.3. The van der Waals surface area contributed by atoms with E-state index >= 15 is 0 Å². The first-order valence-electron chi connectivity index (χ1n) is 3.92. The van der Waals surface area contributed by atoms with E-state index in [4.69, 9.17) is 0 Å². The minimum absolute atomic E-state index is 0.0833. The van der Waals surface area contributed by atoms with Gasteiger partial charge in [-0.25, -0.2) is 18.0 Å². The van der Waals surface area contributed by atoms with Gasteiger partial charge in [0.25, 0.3) is 6.43 Å². The third kappa shape index (κ3) is 3.44. The van der Waals surface area contributed by atoms with E-state index < -0.39 is 18.8 Å². The molecule has 3 nitrogen and oxygen atoms in total. The number of carbonyl (C=O) groups excluding carboxylic acids is 1. The summed E-state index contributed by atoms with van der Waals surface area (Å²) in [5.41, 5.74) is -0.161. The van der Waals surface area contributed by atoms with E-state index in [0.29, 0.717) is 0 Å². The molecule has 0 radical (unpaired) electrons. The van der Waals surface area contributed by atoms with Crippen molar-refractivity contribution in [3.05, 3.63) is 24.0 Å². The van der Waals surface area contributed by atoms with Crippen molar-refractivity contribution >= 4 is 11.8 Å². The summed E-state index contributed by atoms with van der Waals surface area (Å²) in [4.78, 5) is 13.1. The van der Waals surface area contributed by atoms with Gasteiger partial charge in [-0.1, -0.05) is 0 Å². The van der Waals surface area contributed by atoms with Gasteiger partial charge < -0.3 is 4.74 Å². The van der Waals surface area contributed by atoms with Gasteiger partial charge >= 0.3 is 0 Å². The summed E-state index contributed by atoms with van der Waals surface area (Å²) >= 11 is 0. The Bertz CT molecular complexity index is 389. The molecule has 0 spiro atoms. The van der Waals surface area contributed by atoms with Gasteiger partial charge in [-0.3, -0.25) is 0 Å². The molecule has 0 aromatic heterocycles. The van der Waals surface area contributed by atoms with Gasteiger partial charge in [0.1, 0.15) is 23.9 Å². The summed E-state index contributed by atoms with van der Waals surface area (Å²) in [6, 6.07) is 3.03. The van der Waals surface area contributed by atoms with Crippen molar-refractivity contribution in [1.82, 2.24) is 0 Å². The lowest BCUT2D eigenvalue weighted by Crippen LogP contribution is -2.07. The Kier molecular flexibility index (Phi) is 3.88. The monoisotopic (exact) mass is 217 g/mol. The van der Waals surface area contributed by atoms with Crippen LogP contribution in [0.15, 0.2) is 23.2 Å². The second-order valence-corrected chi connectivity index (χ2v) is 2.52. The fraction of sp³-hybridized carbons (Fsp3) is 0.222. The second-order valence-electron chi connectivity index (χ2n) is 2.52. The van der Waals surface area contributed by atoms with Crippen LogP contribution in [0.1, 0.15) is 0 Å². The van der Waals surface area contributed by atoms with Gasteiger partial charge in [0.2, 0.25) is 6.08 Å². The lowest BCUT2D eigenvalue weighted by molar-refractivity contribution is 0.0822. The third-order valence-electron chi connectivity index (χ3n) is 1.45. The van der Waals surface area contributed by atoms with Crippen LogP contribution in [0.3, 0.4) is 0 Å². The molecule has 0 bridgehead atoms. The van der Waals surface area contributed by atoms with Crippen molar-refractivity contribution < 1.29 is 22.7 Å². The SMILES string of the molecule is O=C=Nc1cc(F)ccc1OCC(F)F. The van der Waals surface area contributed by atoms with Crippen molar-refractivity contribution in [3.8, 4) is 5.75 Å². The molecule has 1 aromatic carbocycles. The van der Waals surface area contributed by atoms with Crippen molar-refractivity contribution in [2.45, 2.75) is 6.43 Å². The van der Waals surface area contributed by atoms with Crippen LogP contribution in [0.5, 0.6) is 5.75 Å². The van der Waals surface area contributed by atoms with Crippen LogP contribution < -0.4 is 4.74 Å². The molecule has 1 aromatic rings. The Labute approximate surface area is 83.2 Å². The van der Waals surface area contributed by atoms with Crippen molar-refractivity contribution in [1.29, 1.82) is 0 Å². The molecule has 0 aliphatic heterocycles. The molecule has 0 N–H and O–H groups in total. The fourth-order valence-corrected chi connectivity index (χ4v) is 0.902. The highest BCUT2D eigenvalue weighted by atomic mass is 19.3. The smallest absolute Gasteiger partial charge is 0.272 e. The van der Waals surface area contributed by atoms with E-state index in [9.17, 15) is 18.0 Å². The molecule has 0 heterocycles. The first-order chi connectivity index (χ1) is 7.13. The van der Waals surface area contributed by atoms with E-state index in [1.807, 2.05) is 0 Å². The average molecular weight is 217 g/mol. The van der Waals surface area contributed by atoms with Crippen molar-refractivity contribution in [2.75, 3.05) is 6.61 Å². The number of ether oxygens (including phenoxy) is 1. The van der Waals surface area contributed by atoms with Crippen LogP contribution in [-0.4, -0.2) is 19.1 Å². The lowest BCUT2D eigenvalue weighted by atomic mass is 10.3. The minimum Gasteiger partial charge on any atom is -0.485 e. The molecule has 0 amide bonds. The predicted octanol–water partition coefficient (Wildman–Crippen LogP) is 2.44. The molecule has 0 unspecified atom stereocenters. The van der Waals surface area contributed by atoms with E-state index in [-0.39, 0.29) is 11.4 Å². The van der Waals surface area contributed by atoms with Crippen LogP contribution in [0.25, 0.3) is 0 Å². The molecule has 0 fully saturated rings. The summed E-state index contributed by atoms with van der Waals surface area (Å²) in [6.07, 6.45) is -1.47. The summed E-state index contributed by atoms with van der Waals surface area (Å²) < 4.78 is 40.9. The number of alkyl halides is 2. The highest BCUT2D eigenvalue weighted by molar-refractivity contribution is 5.57. The molecule has 80 valence electrons. The largest absolute Gasteiger partial charge is 0.485 e. The first kappa shape index (κ1) is 11.3. The van der Waals surface area contributed by atoms with Gasteiger partial charge in [0.05, 0.1) is 0 Å². The molecule has 6 heteroatoms. The van der Waals surface area contributed by atoms with Crippen LogP contribution in [0.2, 0.25) is 0 Å². The van der Waals surface area contributed by atoms with E-state index in [1.165, 1.54) is 6.08 Å². The molecular formula is C9H6F3NO2. The minimum atomic E-state index is -2.65. The maximum atomic E-state index is 12.7. The van der Waals surface area contributed by atoms with E-state index in [0.717, 1.165) is 18.2 Å². The second kappa shape index (κ2) is 5.17. The Morgan fingerprint density at radius 3 is 2.80 bits per heavy atom. The summed E-state index contributed by atoms with van der Waals surface area (Å²) in [5.74, 6) is -0.728. The first-order valence-corrected chi connectivity index (χ1v) is 3.92. The zero-order valence-corrected chi connectivity index (χ0v) is 7.41. The third-order valence-corrected chi connectivity index (χ3v) is 1.45. The quantitative estimate of drug-likeness (QED) is 0.573. The molecular weight excluding hydrogens is 211 g/mol. The van der Waals surface area contributed by atoms with Crippen LogP contribution in [0.4, 0.5) is 18.9 Å². The van der Waals surface area contributed by atoms with E-state index in [2.05, 4.69) is 9.73 Å². The Balaban J connectivity index is 2.90. The normalized spacial score (nSPS) is 9.87. The molecule has 0 aliphatic rings. The average Bonchev–Trinajstić information content (AvgIpc) is 2.17. The summed E-state index contributed by atoms with van der Waals surface area (Å²) in [5, 5.41) is 0. The summed E-state index contributed by atoms with van der Waals surface area (Å²) in [6.45, 7) is -0.840. The molecule has 0 saturated carbocycles. The van der Waals surface area contributed by atoms with E-state index in [1.54, 1.807) is 0 Å². The van der Waals surface area contributed by atoms with Crippen LogP contribution in [-0.2, 0) is 4.79 Å². The number of halogens is 3. The fourth-order valence-electron chi connectivity index (χ4n) is 0.902. The summed E-state index contributed by atoms with van der Waals surface area (Å²) in [7, 11) is 0. The van der Waals surface area contributed by atoms with Crippen molar-refractivity contribution in [3.63, 3.8) is 0 Å². The molecule has 0 saturated heterocycles. The maximum absolute atomic E-state index is 12.7. The van der Waals surface area contributed by atoms with Gasteiger partial charge in [0, 0.05) is 6.07 Å². The molecule has 1 rings (SSSR count). The number of aliphatic imine (C=N–C) groups is 1. The zero-order valence-electron chi connectivity index (χ0n) is 7.41. The molecule has 0 atom stereocenters. The number of rotatable bonds is 4. The number of benzene rings is 1. The lowest BCUT2D eigenvalue weighted by Gasteiger charge is -2.06. The number of hydrogen-bond donors (Lipinski definition) is 0. The van der Waals surface area contributed by atoms with Crippen LogP contribution in [0, 0.1) is 5.82 Å². The van der Waals surface area contributed by atoms with Gasteiger partial charge in [-0.2, -0.15) is 4.99 Å². The Morgan fingerprint density at radius 1 is 1.47 bits per heavy atom. The van der Waals surface area contributed by atoms with Crippen LogP contribution >= 0.6 is 0 Å². The standard InChI is InChI=1S/C9H6F3NO2/c10-6-1-2-8(15-4-9(11)12)7(3-6)13-5-14/h1-3,9H,4H2. The van der Waals surface area contributed by atoms with Gasteiger partial charge in [-0.15, -0.1) is 0 Å². The number of isocyanates is 1. The maximum Gasteiger partial charge on any atom is 0.272 e. The topological polar surface area (TPSA) is 38.7 Å². The number of nitrogens with zero attached hydrogens (tertiary/aromatic N) is 1. The van der Waals surface area contributed by atoms with Gasteiger partial charge in [0.15, 0.2) is 0 Å². The molecule has 15 heavy (non-hydrogen) atoms. The Morgan fingerprint density at radius 2 is 2.20 bits per heavy atom. The Hall–Kier alpha value is -1.81.